The molecule has 0 atom stereocenters. The SMILES string of the molecule is Cc1cc(NC(=O)CN(CC(=O)O)CC2CC2)on1. The monoisotopic (exact) mass is 267 g/mol. The van der Waals surface area contributed by atoms with Gasteiger partial charge in [0.1, 0.15) is 0 Å². The number of carboxylic acids is 1. The highest BCUT2D eigenvalue weighted by Crippen LogP contribution is 2.29. The minimum absolute atomic E-state index is 0.0442. The van der Waals surface area contributed by atoms with Crippen LogP contribution >= 0.6 is 0 Å². The van der Waals surface area contributed by atoms with Crippen LogP contribution in [0, 0.1) is 12.8 Å². The van der Waals surface area contributed by atoms with Crippen LogP contribution in [0.15, 0.2) is 10.6 Å². The van der Waals surface area contributed by atoms with Crippen molar-refractivity contribution >= 4 is 17.8 Å². The van der Waals surface area contributed by atoms with Crippen LogP contribution in [0.25, 0.3) is 0 Å². The zero-order chi connectivity index (χ0) is 13.8. The lowest BCUT2D eigenvalue weighted by Gasteiger charge is -2.18. The molecule has 0 spiro atoms. The summed E-state index contributed by atoms with van der Waals surface area (Å²) < 4.78 is 4.87. The van der Waals surface area contributed by atoms with Crippen molar-refractivity contribution in [1.82, 2.24) is 10.1 Å². The van der Waals surface area contributed by atoms with Crippen molar-refractivity contribution in [3.63, 3.8) is 0 Å². The van der Waals surface area contributed by atoms with Crippen LogP contribution < -0.4 is 5.32 Å². The van der Waals surface area contributed by atoms with E-state index in [1.165, 1.54) is 0 Å². The van der Waals surface area contributed by atoms with Crippen LogP contribution in [-0.4, -0.2) is 46.7 Å². The van der Waals surface area contributed by atoms with Crippen molar-refractivity contribution < 1.29 is 19.2 Å². The molecule has 0 unspecified atom stereocenters. The summed E-state index contributed by atoms with van der Waals surface area (Å²) in [6.45, 7) is 2.32. The zero-order valence-corrected chi connectivity index (χ0v) is 10.8. The second kappa shape index (κ2) is 5.83. The number of hydrogen-bond donors (Lipinski definition) is 2. The quantitative estimate of drug-likeness (QED) is 0.755. The van der Waals surface area contributed by atoms with E-state index in [0.717, 1.165) is 12.8 Å². The van der Waals surface area contributed by atoms with Gasteiger partial charge in [0.05, 0.1) is 18.8 Å². The molecule has 2 rings (SSSR count). The first kappa shape index (κ1) is 13.5. The van der Waals surface area contributed by atoms with Gasteiger partial charge in [-0.1, -0.05) is 5.16 Å². The third-order valence-corrected chi connectivity index (χ3v) is 2.83. The molecule has 0 aromatic carbocycles. The fourth-order valence-corrected chi connectivity index (χ4v) is 1.84. The highest BCUT2D eigenvalue weighted by Gasteiger charge is 2.26. The van der Waals surface area contributed by atoms with Gasteiger partial charge >= 0.3 is 5.97 Å². The van der Waals surface area contributed by atoms with Gasteiger partial charge in [-0.25, -0.2) is 0 Å². The second-order valence-electron chi connectivity index (χ2n) is 4.89. The number of rotatable bonds is 7. The Morgan fingerprint density at radius 1 is 1.53 bits per heavy atom. The number of anilines is 1. The van der Waals surface area contributed by atoms with Gasteiger partial charge in [-0.15, -0.1) is 0 Å². The predicted octanol–water partition coefficient (Wildman–Crippen LogP) is 0.718. The largest absolute Gasteiger partial charge is 0.480 e. The van der Waals surface area contributed by atoms with Crippen LogP contribution in [0.2, 0.25) is 0 Å². The number of hydrogen-bond acceptors (Lipinski definition) is 5. The Balaban J connectivity index is 1.84. The van der Waals surface area contributed by atoms with Crippen molar-refractivity contribution in [2.75, 3.05) is 25.0 Å². The lowest BCUT2D eigenvalue weighted by atomic mass is 10.3. The van der Waals surface area contributed by atoms with E-state index in [1.807, 2.05) is 0 Å². The van der Waals surface area contributed by atoms with E-state index >= 15 is 0 Å². The summed E-state index contributed by atoms with van der Waals surface area (Å²) in [6, 6.07) is 1.61. The summed E-state index contributed by atoms with van der Waals surface area (Å²) in [5.74, 6) is -0.411. The van der Waals surface area contributed by atoms with E-state index in [9.17, 15) is 9.59 Å². The maximum atomic E-state index is 11.8. The first-order valence-electron chi connectivity index (χ1n) is 6.20. The predicted molar refractivity (Wildman–Crippen MR) is 66.7 cm³/mol. The average Bonchev–Trinajstić information content (AvgIpc) is 3.00. The fourth-order valence-electron chi connectivity index (χ4n) is 1.84. The molecular formula is C12H17N3O4. The summed E-state index contributed by atoms with van der Waals surface area (Å²) in [4.78, 5) is 24.2. The number of nitrogens with zero attached hydrogens (tertiary/aromatic N) is 2. The van der Waals surface area contributed by atoms with E-state index < -0.39 is 5.97 Å². The highest BCUT2D eigenvalue weighted by molar-refractivity contribution is 5.91. The number of carboxylic acid groups (broad SMARTS) is 1. The normalized spacial score (nSPS) is 14.6. The molecule has 1 aliphatic carbocycles. The highest BCUT2D eigenvalue weighted by atomic mass is 16.5. The number of aliphatic carboxylic acids is 1. The Morgan fingerprint density at radius 2 is 2.26 bits per heavy atom. The molecule has 1 amide bonds. The van der Waals surface area contributed by atoms with E-state index in [1.54, 1.807) is 17.9 Å². The topological polar surface area (TPSA) is 95.7 Å². The number of amides is 1. The minimum Gasteiger partial charge on any atom is -0.480 e. The maximum Gasteiger partial charge on any atom is 0.317 e. The van der Waals surface area contributed by atoms with Crippen LogP contribution in [0.5, 0.6) is 0 Å². The average molecular weight is 267 g/mol. The third-order valence-electron chi connectivity index (χ3n) is 2.83. The second-order valence-corrected chi connectivity index (χ2v) is 4.89. The standard InChI is InChI=1S/C12H17N3O4/c1-8-4-11(19-14-8)13-10(16)6-15(7-12(17)18)5-9-2-3-9/h4,9H,2-3,5-7H2,1H3,(H,13,16)(H,17,18). The summed E-state index contributed by atoms with van der Waals surface area (Å²) in [7, 11) is 0. The van der Waals surface area contributed by atoms with Gasteiger partial charge in [0.15, 0.2) is 0 Å². The summed E-state index contributed by atoms with van der Waals surface area (Å²) >= 11 is 0. The van der Waals surface area contributed by atoms with Gasteiger partial charge in [0.2, 0.25) is 11.8 Å². The summed E-state index contributed by atoms with van der Waals surface area (Å²) in [6.07, 6.45) is 2.22. The maximum absolute atomic E-state index is 11.8. The molecule has 1 saturated carbocycles. The number of carbonyl (C=O) groups excluding carboxylic acids is 1. The smallest absolute Gasteiger partial charge is 0.317 e. The molecule has 0 aliphatic heterocycles. The summed E-state index contributed by atoms with van der Waals surface area (Å²) in [5.41, 5.74) is 0.677. The lowest BCUT2D eigenvalue weighted by Crippen LogP contribution is -2.38. The van der Waals surface area contributed by atoms with E-state index in [2.05, 4.69) is 10.5 Å². The molecule has 104 valence electrons. The Labute approximate surface area is 110 Å². The molecule has 1 aromatic rings. The number of aryl methyl sites for hydroxylation is 1. The zero-order valence-electron chi connectivity index (χ0n) is 10.8. The molecule has 7 nitrogen and oxygen atoms in total. The molecule has 1 aromatic heterocycles. The molecule has 19 heavy (non-hydrogen) atoms. The molecule has 7 heteroatoms. The first-order chi connectivity index (χ1) is 9.02. The minimum atomic E-state index is -0.927. The van der Waals surface area contributed by atoms with Crippen molar-refractivity contribution in [1.29, 1.82) is 0 Å². The number of aromatic nitrogens is 1. The molecule has 1 aliphatic rings. The van der Waals surface area contributed by atoms with Gasteiger partial charge in [-0.3, -0.25) is 19.8 Å². The van der Waals surface area contributed by atoms with Gasteiger partial charge in [0.25, 0.3) is 0 Å². The van der Waals surface area contributed by atoms with Crippen LogP contribution in [0.4, 0.5) is 5.88 Å². The molecule has 0 radical (unpaired) electrons. The van der Waals surface area contributed by atoms with Crippen LogP contribution in [-0.2, 0) is 9.59 Å². The van der Waals surface area contributed by atoms with Crippen LogP contribution in [0.3, 0.4) is 0 Å². The Bertz CT molecular complexity index is 467. The lowest BCUT2D eigenvalue weighted by molar-refractivity contribution is -0.138. The van der Waals surface area contributed by atoms with Gasteiger partial charge in [-0.2, -0.15) is 0 Å². The molecule has 1 heterocycles. The van der Waals surface area contributed by atoms with Crippen molar-refractivity contribution in [3.05, 3.63) is 11.8 Å². The number of carbonyl (C=O) groups is 2. The molecule has 1 fully saturated rings. The van der Waals surface area contributed by atoms with Gasteiger partial charge in [0, 0.05) is 12.6 Å². The molecule has 0 bridgehead atoms. The first-order valence-corrected chi connectivity index (χ1v) is 6.20. The van der Waals surface area contributed by atoms with Gasteiger partial charge < -0.3 is 9.63 Å². The van der Waals surface area contributed by atoms with Gasteiger partial charge in [-0.05, 0) is 25.7 Å². The van der Waals surface area contributed by atoms with Crippen molar-refractivity contribution in [3.8, 4) is 0 Å². The van der Waals surface area contributed by atoms with Crippen molar-refractivity contribution in [2.45, 2.75) is 19.8 Å². The van der Waals surface area contributed by atoms with E-state index in [0.29, 0.717) is 18.2 Å². The third kappa shape index (κ3) is 4.70. The Kier molecular flexibility index (Phi) is 4.16. The number of nitrogens with one attached hydrogen (secondary N) is 1. The molecule has 0 saturated heterocycles. The fraction of sp³-hybridized carbons (Fsp3) is 0.583. The van der Waals surface area contributed by atoms with E-state index in [-0.39, 0.29) is 24.9 Å². The van der Waals surface area contributed by atoms with Crippen LogP contribution in [0.1, 0.15) is 18.5 Å². The molecule has 2 N–H and O–H groups in total. The van der Waals surface area contributed by atoms with E-state index in [4.69, 9.17) is 9.63 Å². The summed E-state index contributed by atoms with van der Waals surface area (Å²) in [5, 5.41) is 15.0. The molecular weight excluding hydrogens is 250 g/mol. The Hall–Kier alpha value is -1.89. The Morgan fingerprint density at radius 3 is 2.79 bits per heavy atom. The van der Waals surface area contributed by atoms with Crippen molar-refractivity contribution in [2.24, 2.45) is 5.92 Å².